The van der Waals surface area contributed by atoms with Crippen molar-refractivity contribution >= 4 is 0 Å². The van der Waals surface area contributed by atoms with Gasteiger partial charge in [0.25, 0.3) is 0 Å². The zero-order valence-corrected chi connectivity index (χ0v) is 14.1. The van der Waals surface area contributed by atoms with Gasteiger partial charge in [0.2, 0.25) is 0 Å². The van der Waals surface area contributed by atoms with Crippen LogP contribution in [0.4, 0.5) is 0 Å². The molecule has 0 aliphatic heterocycles. The molecule has 1 unspecified atom stereocenters. The minimum atomic E-state index is -0.316. The van der Waals surface area contributed by atoms with Gasteiger partial charge in [-0.2, -0.15) is 0 Å². The second kappa shape index (κ2) is 7.25. The van der Waals surface area contributed by atoms with E-state index in [9.17, 15) is 5.11 Å². The smallest absolute Gasteiger partial charge is 0.139 e. The van der Waals surface area contributed by atoms with Crippen LogP contribution in [0.1, 0.15) is 18.6 Å². The summed E-state index contributed by atoms with van der Waals surface area (Å²) in [7, 11) is 0. The lowest BCUT2D eigenvalue weighted by molar-refractivity contribution is 0.144. The number of benzene rings is 1. The first-order chi connectivity index (χ1) is 12.3. The number of nitrogens with zero attached hydrogens (tertiary/aromatic N) is 2. The average molecular weight is 337 g/mol. The lowest BCUT2D eigenvalue weighted by Crippen LogP contribution is -2.35. The number of rotatable bonds is 6. The maximum absolute atomic E-state index is 10.4. The Morgan fingerprint density at radius 3 is 2.84 bits per heavy atom. The maximum atomic E-state index is 10.4. The van der Waals surface area contributed by atoms with Crippen LogP contribution in [0.25, 0.3) is 11.4 Å². The van der Waals surface area contributed by atoms with Crippen molar-refractivity contribution in [2.75, 3.05) is 0 Å². The molecule has 0 bridgehead atoms. The molecular weight excluding hydrogens is 314 g/mol. The topological polar surface area (TPSA) is 63.2 Å². The molecular formula is C20H23N3O2. The summed E-state index contributed by atoms with van der Waals surface area (Å²) in [6.07, 6.45) is 6.99. The SMILES string of the molecule is O[C@@H]1CC(Cn2ccnc2-c2ccccc2)C[C@H]1NCc1ccco1. The molecule has 1 saturated carbocycles. The van der Waals surface area contributed by atoms with Crippen LogP contribution < -0.4 is 5.32 Å². The van der Waals surface area contributed by atoms with Crippen LogP contribution in [0, 0.1) is 5.92 Å². The monoisotopic (exact) mass is 337 g/mol. The van der Waals surface area contributed by atoms with E-state index < -0.39 is 0 Å². The highest BCUT2D eigenvalue weighted by Crippen LogP contribution is 2.29. The van der Waals surface area contributed by atoms with E-state index in [0.717, 1.165) is 36.5 Å². The van der Waals surface area contributed by atoms with Crippen molar-refractivity contribution in [1.82, 2.24) is 14.9 Å². The maximum Gasteiger partial charge on any atom is 0.139 e. The van der Waals surface area contributed by atoms with E-state index in [2.05, 4.69) is 27.0 Å². The molecule has 5 nitrogen and oxygen atoms in total. The molecule has 1 aliphatic rings. The highest BCUT2D eigenvalue weighted by atomic mass is 16.3. The number of aliphatic hydroxyl groups excluding tert-OH is 1. The zero-order valence-electron chi connectivity index (χ0n) is 14.1. The summed E-state index contributed by atoms with van der Waals surface area (Å²) < 4.78 is 7.54. The second-order valence-electron chi connectivity index (χ2n) is 6.74. The van der Waals surface area contributed by atoms with Crippen molar-refractivity contribution in [3.05, 3.63) is 66.9 Å². The fourth-order valence-electron chi connectivity index (χ4n) is 3.71. The van der Waals surface area contributed by atoms with E-state index in [-0.39, 0.29) is 12.1 Å². The van der Waals surface area contributed by atoms with Crippen LogP contribution in [-0.2, 0) is 13.1 Å². The van der Waals surface area contributed by atoms with Gasteiger partial charge >= 0.3 is 0 Å². The van der Waals surface area contributed by atoms with Gasteiger partial charge in [0, 0.05) is 30.5 Å². The van der Waals surface area contributed by atoms with Crippen molar-refractivity contribution in [2.24, 2.45) is 5.92 Å². The van der Waals surface area contributed by atoms with Crippen molar-refractivity contribution in [3.63, 3.8) is 0 Å². The number of nitrogens with one attached hydrogen (secondary N) is 1. The molecule has 4 rings (SSSR count). The number of aromatic nitrogens is 2. The van der Waals surface area contributed by atoms with Crippen LogP contribution in [0.5, 0.6) is 0 Å². The Bertz CT molecular complexity index is 782. The van der Waals surface area contributed by atoms with Crippen LogP contribution in [0.15, 0.2) is 65.5 Å². The predicted octanol–water partition coefficient (Wildman–Crippen LogP) is 3.07. The van der Waals surface area contributed by atoms with Gasteiger partial charge in [0.05, 0.1) is 18.9 Å². The third kappa shape index (κ3) is 3.67. The summed E-state index contributed by atoms with van der Waals surface area (Å²) in [4.78, 5) is 4.51. The zero-order chi connectivity index (χ0) is 17.1. The Balaban J connectivity index is 1.39. The molecule has 1 aliphatic carbocycles. The fourth-order valence-corrected chi connectivity index (χ4v) is 3.71. The molecule has 2 N–H and O–H groups in total. The Kier molecular flexibility index (Phi) is 4.68. The van der Waals surface area contributed by atoms with Gasteiger partial charge in [0.15, 0.2) is 0 Å². The van der Waals surface area contributed by atoms with Crippen molar-refractivity contribution in [1.29, 1.82) is 0 Å². The summed E-state index contributed by atoms with van der Waals surface area (Å²) in [5.41, 5.74) is 1.12. The summed E-state index contributed by atoms with van der Waals surface area (Å²) in [6.45, 7) is 1.53. The summed E-state index contributed by atoms with van der Waals surface area (Å²) in [5, 5.41) is 13.8. The number of aliphatic hydroxyl groups is 1. The Morgan fingerprint density at radius 2 is 2.04 bits per heavy atom. The van der Waals surface area contributed by atoms with E-state index in [0.29, 0.717) is 12.5 Å². The third-order valence-electron chi connectivity index (χ3n) is 4.95. The molecule has 2 heterocycles. The van der Waals surface area contributed by atoms with E-state index in [4.69, 9.17) is 4.42 Å². The Hall–Kier alpha value is -2.37. The molecule has 0 radical (unpaired) electrons. The number of hydrogen-bond acceptors (Lipinski definition) is 4. The van der Waals surface area contributed by atoms with Gasteiger partial charge in [-0.15, -0.1) is 0 Å². The van der Waals surface area contributed by atoms with Crippen molar-refractivity contribution in [3.8, 4) is 11.4 Å². The van der Waals surface area contributed by atoms with Gasteiger partial charge in [0.1, 0.15) is 11.6 Å². The largest absolute Gasteiger partial charge is 0.468 e. The van der Waals surface area contributed by atoms with Gasteiger partial charge < -0.3 is 19.4 Å². The van der Waals surface area contributed by atoms with E-state index in [1.54, 1.807) is 6.26 Å². The predicted molar refractivity (Wildman–Crippen MR) is 95.7 cm³/mol. The summed E-state index contributed by atoms with van der Waals surface area (Å²) in [6, 6.07) is 14.2. The first-order valence-corrected chi connectivity index (χ1v) is 8.80. The molecule has 25 heavy (non-hydrogen) atoms. The lowest BCUT2D eigenvalue weighted by atomic mass is 10.1. The Morgan fingerprint density at radius 1 is 1.16 bits per heavy atom. The molecule has 2 aromatic heterocycles. The molecule has 130 valence electrons. The molecule has 0 spiro atoms. The van der Waals surface area contributed by atoms with Crippen LogP contribution in [0.3, 0.4) is 0 Å². The minimum Gasteiger partial charge on any atom is -0.468 e. The van der Waals surface area contributed by atoms with Crippen LogP contribution in [-0.4, -0.2) is 26.8 Å². The quantitative estimate of drug-likeness (QED) is 0.726. The molecule has 3 aromatic rings. The molecule has 5 heteroatoms. The van der Waals surface area contributed by atoms with Crippen molar-refractivity contribution < 1.29 is 9.52 Å². The highest BCUT2D eigenvalue weighted by Gasteiger charge is 2.33. The standard InChI is InChI=1S/C20H23N3O2/c24-19-12-15(11-18(19)22-13-17-7-4-10-25-17)14-23-9-8-21-20(23)16-5-2-1-3-6-16/h1-10,15,18-19,22,24H,11-14H2/t15?,18-,19-/m1/s1. The normalized spacial score (nSPS) is 23.2. The molecule has 0 amide bonds. The minimum absolute atomic E-state index is 0.110. The Labute approximate surface area is 147 Å². The molecule has 1 fully saturated rings. The highest BCUT2D eigenvalue weighted by molar-refractivity contribution is 5.55. The van der Waals surface area contributed by atoms with Crippen LogP contribution in [0.2, 0.25) is 0 Å². The number of furan rings is 1. The fraction of sp³-hybridized carbons (Fsp3) is 0.350. The summed E-state index contributed by atoms with van der Waals surface area (Å²) >= 11 is 0. The van der Waals surface area contributed by atoms with E-state index >= 15 is 0 Å². The van der Waals surface area contributed by atoms with Gasteiger partial charge in [-0.3, -0.25) is 0 Å². The van der Waals surface area contributed by atoms with Crippen LogP contribution >= 0.6 is 0 Å². The third-order valence-corrected chi connectivity index (χ3v) is 4.95. The van der Waals surface area contributed by atoms with Gasteiger partial charge in [-0.1, -0.05) is 30.3 Å². The first-order valence-electron chi connectivity index (χ1n) is 8.80. The molecule has 3 atom stereocenters. The van der Waals surface area contributed by atoms with Gasteiger partial charge in [-0.25, -0.2) is 4.98 Å². The van der Waals surface area contributed by atoms with E-state index in [1.165, 1.54) is 0 Å². The van der Waals surface area contributed by atoms with Gasteiger partial charge in [-0.05, 0) is 30.9 Å². The number of imidazole rings is 1. The molecule has 1 aromatic carbocycles. The summed E-state index contributed by atoms with van der Waals surface area (Å²) in [5.74, 6) is 2.32. The second-order valence-corrected chi connectivity index (χ2v) is 6.74. The molecule has 0 saturated heterocycles. The first kappa shape index (κ1) is 16.1. The number of hydrogen-bond donors (Lipinski definition) is 2. The lowest BCUT2D eigenvalue weighted by Gasteiger charge is -2.15. The average Bonchev–Trinajstić information content (AvgIpc) is 3.36. The van der Waals surface area contributed by atoms with Crippen molar-refractivity contribution in [2.45, 2.75) is 38.1 Å². The van der Waals surface area contributed by atoms with E-state index in [1.807, 2.05) is 42.7 Å².